The van der Waals surface area contributed by atoms with Crippen LogP contribution in [0.2, 0.25) is 0 Å². The van der Waals surface area contributed by atoms with E-state index in [0.717, 1.165) is 18.0 Å². The fourth-order valence-electron chi connectivity index (χ4n) is 3.33. The number of hydrogen-bond donors (Lipinski definition) is 2. The second-order valence-corrected chi connectivity index (χ2v) is 6.31. The number of aromatic nitrogens is 2. The zero-order chi connectivity index (χ0) is 16.1. The quantitative estimate of drug-likeness (QED) is 0.861. The van der Waals surface area contributed by atoms with Crippen LogP contribution in [0.3, 0.4) is 0 Å². The lowest BCUT2D eigenvalue weighted by molar-refractivity contribution is -0.121. The Balaban J connectivity index is 1.49. The highest BCUT2D eigenvalue weighted by atomic mass is 16.1. The van der Waals surface area contributed by atoms with E-state index in [4.69, 9.17) is 0 Å². The number of anilines is 1. The minimum Gasteiger partial charge on any atom is -0.380 e. The number of hydrogen-bond acceptors (Lipinski definition) is 3. The van der Waals surface area contributed by atoms with Crippen LogP contribution in [0.25, 0.3) is 0 Å². The highest BCUT2D eigenvalue weighted by molar-refractivity contribution is 5.75. The smallest absolute Gasteiger partial charge is 0.241 e. The van der Waals surface area contributed by atoms with Crippen LogP contribution in [0.1, 0.15) is 24.8 Å². The molecule has 1 aliphatic carbocycles. The summed E-state index contributed by atoms with van der Waals surface area (Å²) in [6, 6.07) is 11.2. The molecule has 5 heteroatoms. The molecule has 2 N–H and O–H groups in total. The van der Waals surface area contributed by atoms with Crippen LogP contribution < -0.4 is 10.6 Å². The van der Waals surface area contributed by atoms with E-state index in [0.29, 0.717) is 6.04 Å². The standard InChI is InChI=1S/C18H24N4O/c1-19-18(23)13-22-12-17(11-20-22)21-16-8-7-15(10-16)9-14-5-3-2-4-6-14/h2-6,11-12,15-16,21H,7-10,13H2,1H3,(H,19,23)/t15-,16+/m0/s1. The summed E-state index contributed by atoms with van der Waals surface area (Å²) in [5.74, 6) is 0.708. The van der Waals surface area contributed by atoms with Gasteiger partial charge in [0.25, 0.3) is 0 Å². The van der Waals surface area contributed by atoms with Crippen molar-refractivity contribution in [3.05, 3.63) is 48.3 Å². The topological polar surface area (TPSA) is 59.0 Å². The van der Waals surface area contributed by atoms with Crippen LogP contribution in [-0.2, 0) is 17.8 Å². The summed E-state index contributed by atoms with van der Waals surface area (Å²) >= 11 is 0. The molecule has 0 saturated heterocycles. The van der Waals surface area contributed by atoms with E-state index >= 15 is 0 Å². The van der Waals surface area contributed by atoms with E-state index in [1.807, 2.05) is 6.20 Å². The van der Waals surface area contributed by atoms with Crippen molar-refractivity contribution < 1.29 is 4.79 Å². The Labute approximate surface area is 137 Å². The second-order valence-electron chi connectivity index (χ2n) is 6.31. The molecular weight excluding hydrogens is 288 g/mol. The van der Waals surface area contributed by atoms with Crippen molar-refractivity contribution in [2.24, 2.45) is 5.92 Å². The summed E-state index contributed by atoms with van der Waals surface area (Å²) in [4.78, 5) is 11.4. The number of carbonyl (C=O) groups is 1. The minimum absolute atomic E-state index is 0.0385. The number of benzene rings is 1. The molecule has 1 saturated carbocycles. The number of likely N-dealkylation sites (N-methyl/N-ethyl adjacent to an activating group) is 1. The molecule has 5 nitrogen and oxygen atoms in total. The van der Waals surface area contributed by atoms with Gasteiger partial charge in [0.15, 0.2) is 0 Å². The Morgan fingerprint density at radius 3 is 2.91 bits per heavy atom. The Hall–Kier alpha value is -2.30. The van der Waals surface area contributed by atoms with Crippen LogP contribution in [0, 0.1) is 5.92 Å². The lowest BCUT2D eigenvalue weighted by atomic mass is 9.98. The predicted octanol–water partition coefficient (Wildman–Crippen LogP) is 2.45. The molecule has 2 atom stereocenters. The third-order valence-corrected chi connectivity index (χ3v) is 4.50. The summed E-state index contributed by atoms with van der Waals surface area (Å²) < 4.78 is 1.66. The molecule has 0 radical (unpaired) electrons. The average Bonchev–Trinajstić information content (AvgIpc) is 3.18. The van der Waals surface area contributed by atoms with Gasteiger partial charge in [-0.25, -0.2) is 0 Å². The fraction of sp³-hybridized carbons (Fsp3) is 0.444. The Morgan fingerprint density at radius 1 is 1.30 bits per heavy atom. The van der Waals surface area contributed by atoms with Gasteiger partial charge in [0.2, 0.25) is 5.91 Å². The van der Waals surface area contributed by atoms with Crippen LogP contribution in [0.15, 0.2) is 42.7 Å². The lowest BCUT2D eigenvalue weighted by Gasteiger charge is -2.13. The van der Waals surface area contributed by atoms with Gasteiger partial charge in [0.1, 0.15) is 6.54 Å². The van der Waals surface area contributed by atoms with Crippen LogP contribution in [0.5, 0.6) is 0 Å². The number of rotatable bonds is 6. The van der Waals surface area contributed by atoms with Crippen LogP contribution in [0.4, 0.5) is 5.69 Å². The van der Waals surface area contributed by atoms with Gasteiger partial charge in [-0.2, -0.15) is 5.10 Å². The maximum Gasteiger partial charge on any atom is 0.241 e. The van der Waals surface area contributed by atoms with Crippen LogP contribution in [-0.4, -0.2) is 28.8 Å². The zero-order valence-electron chi connectivity index (χ0n) is 13.5. The predicted molar refractivity (Wildman–Crippen MR) is 91.2 cm³/mol. The molecule has 1 aliphatic rings. The maximum atomic E-state index is 11.4. The first-order chi connectivity index (χ1) is 11.2. The van der Waals surface area contributed by atoms with Gasteiger partial charge < -0.3 is 10.6 Å². The summed E-state index contributed by atoms with van der Waals surface area (Å²) in [5, 5.41) is 10.4. The van der Waals surface area contributed by atoms with Gasteiger partial charge in [-0.05, 0) is 37.2 Å². The summed E-state index contributed by atoms with van der Waals surface area (Å²) in [7, 11) is 1.64. The third kappa shape index (κ3) is 4.34. The normalized spacial score (nSPS) is 20.4. The molecule has 0 aliphatic heterocycles. The summed E-state index contributed by atoms with van der Waals surface area (Å²) in [6.07, 6.45) is 8.51. The second kappa shape index (κ2) is 7.31. The molecule has 1 fully saturated rings. The monoisotopic (exact) mass is 312 g/mol. The summed E-state index contributed by atoms with van der Waals surface area (Å²) in [5.41, 5.74) is 2.43. The largest absolute Gasteiger partial charge is 0.380 e. The highest BCUT2D eigenvalue weighted by Gasteiger charge is 2.24. The van der Waals surface area contributed by atoms with Gasteiger partial charge in [-0.1, -0.05) is 30.3 Å². The van der Waals surface area contributed by atoms with Crippen molar-refractivity contribution in [2.45, 2.75) is 38.3 Å². The van der Waals surface area contributed by atoms with E-state index in [1.165, 1.54) is 24.8 Å². The minimum atomic E-state index is -0.0385. The fourth-order valence-corrected chi connectivity index (χ4v) is 3.33. The SMILES string of the molecule is CNC(=O)Cn1cc(N[C@@H]2CC[C@@H](Cc3ccccc3)C2)cn1. The first-order valence-corrected chi connectivity index (χ1v) is 8.26. The van der Waals surface area contributed by atoms with Crippen molar-refractivity contribution in [3.63, 3.8) is 0 Å². The Bertz CT molecular complexity index is 637. The molecule has 0 spiro atoms. The van der Waals surface area contributed by atoms with E-state index in [2.05, 4.69) is 46.1 Å². The lowest BCUT2D eigenvalue weighted by Crippen LogP contribution is -2.23. The van der Waals surface area contributed by atoms with Gasteiger partial charge in [0, 0.05) is 19.3 Å². The molecule has 1 aromatic carbocycles. The van der Waals surface area contributed by atoms with Crippen molar-refractivity contribution in [1.29, 1.82) is 0 Å². The molecular formula is C18H24N4O. The maximum absolute atomic E-state index is 11.4. The van der Waals surface area contributed by atoms with E-state index in [9.17, 15) is 4.79 Å². The molecule has 0 bridgehead atoms. The first-order valence-electron chi connectivity index (χ1n) is 8.26. The van der Waals surface area contributed by atoms with Crippen molar-refractivity contribution in [3.8, 4) is 0 Å². The molecule has 0 unspecified atom stereocenters. The first kappa shape index (κ1) is 15.6. The van der Waals surface area contributed by atoms with Gasteiger partial charge in [-0.3, -0.25) is 9.48 Å². The van der Waals surface area contributed by atoms with Gasteiger partial charge >= 0.3 is 0 Å². The molecule has 1 heterocycles. The number of nitrogens with one attached hydrogen (secondary N) is 2. The van der Waals surface area contributed by atoms with Crippen molar-refractivity contribution >= 4 is 11.6 Å². The number of carbonyl (C=O) groups excluding carboxylic acids is 1. The molecule has 1 aromatic heterocycles. The van der Waals surface area contributed by atoms with Gasteiger partial charge in [0.05, 0.1) is 11.9 Å². The van der Waals surface area contributed by atoms with E-state index in [-0.39, 0.29) is 12.5 Å². The molecule has 1 amide bonds. The van der Waals surface area contributed by atoms with Crippen LogP contribution >= 0.6 is 0 Å². The van der Waals surface area contributed by atoms with E-state index < -0.39 is 0 Å². The van der Waals surface area contributed by atoms with Crippen molar-refractivity contribution in [1.82, 2.24) is 15.1 Å². The number of nitrogens with zero attached hydrogens (tertiary/aromatic N) is 2. The number of amides is 1. The molecule has 3 rings (SSSR count). The summed E-state index contributed by atoms with van der Waals surface area (Å²) in [6.45, 7) is 0.263. The molecule has 23 heavy (non-hydrogen) atoms. The van der Waals surface area contributed by atoms with E-state index in [1.54, 1.807) is 17.9 Å². The highest BCUT2D eigenvalue weighted by Crippen LogP contribution is 2.30. The van der Waals surface area contributed by atoms with Crippen molar-refractivity contribution in [2.75, 3.05) is 12.4 Å². The molecule has 122 valence electrons. The Kier molecular flexibility index (Phi) is 4.95. The zero-order valence-corrected chi connectivity index (χ0v) is 13.5. The third-order valence-electron chi connectivity index (χ3n) is 4.50. The van der Waals surface area contributed by atoms with Gasteiger partial charge in [-0.15, -0.1) is 0 Å². The average molecular weight is 312 g/mol. The Morgan fingerprint density at radius 2 is 2.13 bits per heavy atom. The molecule has 2 aromatic rings.